The molecule has 324 valence electrons. The standard InChI is InChI=1S/C48H56N8O6/c1-26(2)39(53-46(59)61-5)44(57)55-25-48(17-18-48)22-38(55)42-49-24-37(51-42)33-14-13-31-19-30(11-12-32(31)20-33)28-7-9-29(10-8-28)36-23-50-43(52-36)41-34-15-16-35(21-34)56(41)45(58)40(27(3)4)54-47(60)62-6/h7-14,19-20,23-24,26-27,34-35,38-41H,15-18,21-22,25H2,1-6H3,(H,49,51)(H,50,52)(H,53,59)(H,54,60)/t34-,35?,38-,39-,40-,41-/m0/s1. The number of benzene rings is 3. The molecule has 2 aliphatic heterocycles. The summed E-state index contributed by atoms with van der Waals surface area (Å²) in [5.74, 6) is 1.45. The average Bonchev–Trinajstić information content (AvgIpc) is 3.91. The molecule has 2 aliphatic carbocycles. The van der Waals surface area contributed by atoms with Gasteiger partial charge in [0.1, 0.15) is 23.7 Å². The number of aromatic amines is 2. The van der Waals surface area contributed by atoms with Gasteiger partial charge in [-0.3, -0.25) is 9.59 Å². The minimum atomic E-state index is -0.687. The second kappa shape index (κ2) is 16.3. The van der Waals surface area contributed by atoms with Crippen molar-refractivity contribution >= 4 is 34.8 Å². The van der Waals surface area contributed by atoms with Crippen LogP contribution in [-0.2, 0) is 19.1 Å². The van der Waals surface area contributed by atoms with Crippen LogP contribution in [0.25, 0.3) is 44.4 Å². The number of nitrogens with one attached hydrogen (secondary N) is 4. The van der Waals surface area contributed by atoms with Crippen LogP contribution in [-0.4, -0.2) is 92.6 Å². The maximum atomic E-state index is 14.0. The van der Waals surface area contributed by atoms with Gasteiger partial charge in [0.15, 0.2) is 0 Å². The SMILES string of the molecule is COC(=O)N[C@H](C(=O)N1CC2(CC2)C[C@H]1c1ncc(-c2ccc3cc(-c4ccc(-c5cnc([C@@H]6[C@H]7CCC(C7)N6C(=O)[C@@H](NC(=O)OC)C(C)C)[nH]5)cc4)ccc3c2)[nH]1)C(C)C. The Labute approximate surface area is 361 Å². The zero-order chi connectivity index (χ0) is 43.4. The van der Waals surface area contributed by atoms with E-state index in [1.54, 1.807) is 0 Å². The number of nitrogens with zero attached hydrogens (tertiary/aromatic N) is 4. The van der Waals surface area contributed by atoms with Crippen molar-refractivity contribution in [3.63, 3.8) is 0 Å². The van der Waals surface area contributed by atoms with Gasteiger partial charge in [-0.25, -0.2) is 19.6 Å². The molecule has 4 fully saturated rings. The third-order valence-electron chi connectivity index (χ3n) is 13.8. The van der Waals surface area contributed by atoms with Gasteiger partial charge in [0.2, 0.25) is 11.8 Å². The number of rotatable bonds is 11. The summed E-state index contributed by atoms with van der Waals surface area (Å²) >= 11 is 0. The van der Waals surface area contributed by atoms with Crippen LogP contribution in [0.5, 0.6) is 0 Å². The van der Waals surface area contributed by atoms with Crippen LogP contribution in [0.3, 0.4) is 0 Å². The van der Waals surface area contributed by atoms with Gasteiger partial charge in [-0.1, -0.05) is 76.2 Å². The van der Waals surface area contributed by atoms with Gasteiger partial charge < -0.3 is 39.9 Å². The highest BCUT2D eigenvalue weighted by Gasteiger charge is 2.55. The third-order valence-corrected chi connectivity index (χ3v) is 13.8. The number of H-pyrrole nitrogens is 2. The summed E-state index contributed by atoms with van der Waals surface area (Å²) in [7, 11) is 2.62. The number of fused-ring (bicyclic) bond motifs is 3. The molecule has 4 N–H and O–H groups in total. The summed E-state index contributed by atoms with van der Waals surface area (Å²) in [6, 6.07) is 19.7. The highest BCUT2D eigenvalue weighted by atomic mass is 16.5. The molecule has 2 saturated heterocycles. The third kappa shape index (κ3) is 7.68. The summed E-state index contributed by atoms with van der Waals surface area (Å²) < 4.78 is 9.65. The second-order valence-corrected chi connectivity index (χ2v) is 18.5. The average molecular weight is 841 g/mol. The molecule has 0 radical (unpaired) electrons. The second-order valence-electron chi connectivity index (χ2n) is 18.5. The quantitative estimate of drug-likeness (QED) is 0.103. The first-order valence-electron chi connectivity index (χ1n) is 21.9. The Morgan fingerprint density at radius 2 is 1.26 bits per heavy atom. The summed E-state index contributed by atoms with van der Waals surface area (Å²) in [5.41, 5.74) is 6.09. The van der Waals surface area contributed by atoms with Crippen LogP contribution >= 0.6 is 0 Å². The lowest BCUT2D eigenvalue weighted by molar-refractivity contribution is -0.139. The molecule has 9 rings (SSSR count). The molecular formula is C48H56N8O6. The molecule has 2 saturated carbocycles. The topological polar surface area (TPSA) is 175 Å². The van der Waals surface area contributed by atoms with E-state index in [1.807, 2.05) is 49.9 Å². The lowest BCUT2D eigenvalue weighted by Crippen LogP contribution is -2.54. The summed E-state index contributed by atoms with van der Waals surface area (Å²) in [5, 5.41) is 7.73. The van der Waals surface area contributed by atoms with Gasteiger partial charge in [0.25, 0.3) is 0 Å². The Hall–Kier alpha value is -6.18. The van der Waals surface area contributed by atoms with E-state index in [1.165, 1.54) is 14.2 Å². The molecule has 2 aromatic heterocycles. The zero-order valence-corrected chi connectivity index (χ0v) is 36.2. The van der Waals surface area contributed by atoms with Crippen molar-refractivity contribution in [2.45, 2.75) is 96.4 Å². The maximum absolute atomic E-state index is 14.0. The van der Waals surface area contributed by atoms with E-state index in [2.05, 4.69) is 81.3 Å². The van der Waals surface area contributed by atoms with E-state index < -0.39 is 24.3 Å². The van der Waals surface area contributed by atoms with Crippen molar-refractivity contribution in [3.05, 3.63) is 84.7 Å². The molecule has 4 heterocycles. The van der Waals surface area contributed by atoms with E-state index >= 15 is 0 Å². The number of amides is 4. The molecule has 14 nitrogen and oxygen atoms in total. The summed E-state index contributed by atoms with van der Waals surface area (Å²) in [6.07, 6.45) is 8.43. The van der Waals surface area contributed by atoms with E-state index in [4.69, 9.17) is 19.4 Å². The lowest BCUT2D eigenvalue weighted by atomic mass is 9.95. The smallest absolute Gasteiger partial charge is 0.407 e. The molecule has 4 aliphatic rings. The van der Waals surface area contributed by atoms with Crippen LogP contribution in [0.15, 0.2) is 73.1 Å². The van der Waals surface area contributed by atoms with Crippen molar-refractivity contribution in [2.75, 3.05) is 20.8 Å². The Morgan fingerprint density at radius 3 is 1.89 bits per heavy atom. The number of carbonyl (C=O) groups is 4. The molecule has 6 atom stereocenters. The van der Waals surface area contributed by atoms with Crippen LogP contribution in [0.1, 0.15) is 90.0 Å². The van der Waals surface area contributed by atoms with Crippen LogP contribution in [0.4, 0.5) is 9.59 Å². The Kier molecular flexibility index (Phi) is 10.8. The molecule has 14 heteroatoms. The number of hydrogen-bond acceptors (Lipinski definition) is 8. The van der Waals surface area contributed by atoms with Gasteiger partial charge in [-0.05, 0) is 101 Å². The minimum Gasteiger partial charge on any atom is -0.453 e. The van der Waals surface area contributed by atoms with Gasteiger partial charge in [-0.15, -0.1) is 0 Å². The van der Waals surface area contributed by atoms with E-state index in [0.29, 0.717) is 12.5 Å². The molecule has 4 amide bonds. The predicted molar refractivity (Wildman–Crippen MR) is 234 cm³/mol. The molecule has 5 aromatic rings. The highest BCUT2D eigenvalue weighted by Crippen LogP contribution is 2.58. The first-order chi connectivity index (χ1) is 29.8. The monoisotopic (exact) mass is 840 g/mol. The van der Waals surface area contributed by atoms with Crippen molar-refractivity contribution in [1.82, 2.24) is 40.4 Å². The largest absolute Gasteiger partial charge is 0.453 e. The van der Waals surface area contributed by atoms with Gasteiger partial charge in [0.05, 0.1) is 50.1 Å². The number of carbonyl (C=O) groups excluding carboxylic acids is 4. The molecule has 3 aromatic carbocycles. The molecule has 1 spiro atoms. The molecule has 62 heavy (non-hydrogen) atoms. The first-order valence-corrected chi connectivity index (χ1v) is 21.9. The van der Waals surface area contributed by atoms with E-state index in [9.17, 15) is 19.2 Å². The molecule has 1 unspecified atom stereocenters. The fourth-order valence-electron chi connectivity index (χ4n) is 10.2. The van der Waals surface area contributed by atoms with Gasteiger partial charge in [-0.2, -0.15) is 0 Å². The highest BCUT2D eigenvalue weighted by molar-refractivity contribution is 5.91. The minimum absolute atomic E-state index is 0.0907. The predicted octanol–water partition coefficient (Wildman–Crippen LogP) is 8.15. The van der Waals surface area contributed by atoms with Crippen molar-refractivity contribution in [3.8, 4) is 33.6 Å². The summed E-state index contributed by atoms with van der Waals surface area (Å²) in [4.78, 5) is 72.7. The normalized spacial score (nSPS) is 22.1. The van der Waals surface area contributed by atoms with E-state index in [-0.39, 0.29) is 47.2 Å². The van der Waals surface area contributed by atoms with Crippen LogP contribution in [0.2, 0.25) is 0 Å². The van der Waals surface area contributed by atoms with E-state index in [0.717, 1.165) is 94.6 Å². The lowest BCUT2D eigenvalue weighted by Gasteiger charge is -2.37. The van der Waals surface area contributed by atoms with Gasteiger partial charge in [0, 0.05) is 18.2 Å². The first kappa shape index (κ1) is 41.2. The number of piperidine rings is 1. The molecular weight excluding hydrogens is 785 g/mol. The molecule has 2 bridgehead atoms. The number of methoxy groups -OCH3 is 2. The maximum Gasteiger partial charge on any atom is 0.407 e. The number of hydrogen-bond donors (Lipinski definition) is 4. The Bertz CT molecular complexity index is 2510. The Balaban J connectivity index is 0.893. The number of likely N-dealkylation sites (tertiary alicyclic amines) is 2. The van der Waals surface area contributed by atoms with Gasteiger partial charge >= 0.3 is 12.2 Å². The number of ether oxygens (including phenoxy) is 2. The summed E-state index contributed by atoms with van der Waals surface area (Å²) in [6.45, 7) is 8.37. The van der Waals surface area contributed by atoms with Crippen LogP contribution < -0.4 is 10.6 Å². The zero-order valence-electron chi connectivity index (χ0n) is 36.2. The Morgan fingerprint density at radius 1 is 0.710 bits per heavy atom. The van der Waals surface area contributed by atoms with Crippen molar-refractivity contribution < 1.29 is 28.7 Å². The van der Waals surface area contributed by atoms with Crippen molar-refractivity contribution in [2.24, 2.45) is 23.2 Å². The fourth-order valence-corrected chi connectivity index (χ4v) is 10.2. The fraction of sp³-hybridized carbons (Fsp3) is 0.458. The number of imidazole rings is 2. The van der Waals surface area contributed by atoms with Crippen molar-refractivity contribution in [1.29, 1.82) is 0 Å². The van der Waals surface area contributed by atoms with Crippen LogP contribution in [0, 0.1) is 23.2 Å². The number of aromatic nitrogens is 4. The number of alkyl carbamates (subject to hydrolysis) is 2.